The molecule has 19 heavy (non-hydrogen) atoms. The number of halogens is 2. The summed E-state index contributed by atoms with van der Waals surface area (Å²) >= 11 is 3.48. The van der Waals surface area contributed by atoms with Gasteiger partial charge in [0, 0.05) is 29.2 Å². The molecule has 0 aliphatic carbocycles. The third-order valence-corrected chi connectivity index (χ3v) is 4.46. The van der Waals surface area contributed by atoms with Gasteiger partial charge >= 0.3 is 0 Å². The minimum absolute atomic E-state index is 0. The average Bonchev–Trinajstić information content (AvgIpc) is 2.41. The molecule has 0 saturated carbocycles. The normalized spacial score (nSPS) is 16.1. The molecule has 1 aromatic rings. The maximum absolute atomic E-state index is 12.3. The molecule has 1 aliphatic heterocycles. The van der Waals surface area contributed by atoms with E-state index in [0.29, 0.717) is 6.04 Å². The number of aryl methyl sites for hydroxylation is 1. The van der Waals surface area contributed by atoms with Gasteiger partial charge in [0.2, 0.25) is 0 Å². The zero-order chi connectivity index (χ0) is 13.1. The van der Waals surface area contributed by atoms with Gasteiger partial charge in [-0.25, -0.2) is 0 Å². The summed E-state index contributed by atoms with van der Waals surface area (Å²) in [4.78, 5) is 14.3. The van der Waals surface area contributed by atoms with Crippen LogP contribution in [0.25, 0.3) is 0 Å². The van der Waals surface area contributed by atoms with E-state index >= 15 is 0 Å². The minimum atomic E-state index is 0. The van der Waals surface area contributed by atoms with Gasteiger partial charge in [-0.2, -0.15) is 0 Å². The Hall–Kier alpha value is -0.580. The number of hydrogen-bond donors (Lipinski definition) is 1. The second-order valence-corrected chi connectivity index (χ2v) is 5.67. The monoisotopic (exact) mass is 346 g/mol. The van der Waals surface area contributed by atoms with Crippen LogP contribution in [0.4, 0.5) is 0 Å². The highest BCUT2D eigenvalue weighted by Crippen LogP contribution is 2.20. The van der Waals surface area contributed by atoms with Crippen molar-refractivity contribution in [2.75, 3.05) is 20.1 Å². The number of piperidine rings is 1. The Morgan fingerprint density at radius 1 is 1.37 bits per heavy atom. The van der Waals surface area contributed by atoms with Gasteiger partial charge in [-0.15, -0.1) is 12.4 Å². The molecule has 0 atom stereocenters. The molecule has 1 aromatic carbocycles. The van der Waals surface area contributed by atoms with E-state index in [4.69, 9.17) is 0 Å². The first-order valence-electron chi connectivity index (χ1n) is 6.34. The third-order valence-electron chi connectivity index (χ3n) is 3.61. The number of carbonyl (C=O) groups is 1. The van der Waals surface area contributed by atoms with Crippen molar-refractivity contribution in [3.8, 4) is 0 Å². The predicted molar refractivity (Wildman–Crippen MR) is 84.1 cm³/mol. The van der Waals surface area contributed by atoms with Crippen LogP contribution >= 0.6 is 28.3 Å². The molecule has 0 unspecified atom stereocenters. The Bertz CT molecular complexity index is 445. The Morgan fingerprint density at radius 2 is 2.00 bits per heavy atom. The van der Waals surface area contributed by atoms with Crippen LogP contribution in [0.1, 0.15) is 28.8 Å². The van der Waals surface area contributed by atoms with Crippen molar-refractivity contribution >= 4 is 34.2 Å². The van der Waals surface area contributed by atoms with E-state index in [1.165, 1.54) is 0 Å². The van der Waals surface area contributed by atoms with Crippen molar-refractivity contribution in [2.24, 2.45) is 0 Å². The third kappa shape index (κ3) is 3.94. The number of amides is 1. The lowest BCUT2D eigenvalue weighted by Gasteiger charge is -2.32. The lowest BCUT2D eigenvalue weighted by atomic mass is 10.0. The molecule has 0 radical (unpaired) electrons. The van der Waals surface area contributed by atoms with Crippen molar-refractivity contribution in [1.82, 2.24) is 10.2 Å². The Kier molecular flexibility index (Phi) is 6.30. The second-order valence-electron chi connectivity index (χ2n) is 4.82. The number of benzene rings is 1. The largest absolute Gasteiger partial charge is 0.339 e. The quantitative estimate of drug-likeness (QED) is 0.892. The molecule has 1 aliphatic rings. The molecule has 1 fully saturated rings. The number of nitrogens with one attached hydrogen (secondary N) is 1. The molecule has 1 N–H and O–H groups in total. The number of rotatable bonds is 2. The van der Waals surface area contributed by atoms with Crippen molar-refractivity contribution in [3.63, 3.8) is 0 Å². The van der Waals surface area contributed by atoms with Crippen LogP contribution in [0.2, 0.25) is 0 Å². The number of likely N-dealkylation sites (tertiary alicyclic amines) is 1. The second kappa shape index (κ2) is 7.27. The molecule has 1 amide bonds. The van der Waals surface area contributed by atoms with Gasteiger partial charge < -0.3 is 10.2 Å². The van der Waals surface area contributed by atoms with E-state index in [0.717, 1.165) is 41.5 Å². The molecule has 106 valence electrons. The van der Waals surface area contributed by atoms with E-state index in [1.807, 2.05) is 37.1 Å². The summed E-state index contributed by atoms with van der Waals surface area (Å²) < 4.78 is 0.999. The van der Waals surface area contributed by atoms with Crippen LogP contribution in [0, 0.1) is 6.92 Å². The van der Waals surface area contributed by atoms with Crippen molar-refractivity contribution in [2.45, 2.75) is 25.8 Å². The smallest absolute Gasteiger partial charge is 0.253 e. The Balaban J connectivity index is 0.00000180. The zero-order valence-electron chi connectivity index (χ0n) is 11.3. The summed E-state index contributed by atoms with van der Waals surface area (Å²) in [5, 5.41) is 3.27. The van der Waals surface area contributed by atoms with Gasteiger partial charge in [-0.05, 0) is 44.5 Å². The van der Waals surface area contributed by atoms with Crippen molar-refractivity contribution in [3.05, 3.63) is 33.8 Å². The molecule has 2 rings (SSSR count). The number of hydrogen-bond acceptors (Lipinski definition) is 2. The fraction of sp³-hybridized carbons (Fsp3) is 0.500. The van der Waals surface area contributed by atoms with Crippen LogP contribution in [0.3, 0.4) is 0 Å². The van der Waals surface area contributed by atoms with Crippen molar-refractivity contribution < 1.29 is 4.79 Å². The lowest BCUT2D eigenvalue weighted by molar-refractivity contribution is 0.0707. The van der Waals surface area contributed by atoms with Crippen LogP contribution in [0.5, 0.6) is 0 Å². The summed E-state index contributed by atoms with van der Waals surface area (Å²) in [5.41, 5.74) is 1.93. The van der Waals surface area contributed by atoms with Crippen LogP contribution in [-0.2, 0) is 0 Å². The molecule has 1 saturated heterocycles. The highest BCUT2D eigenvalue weighted by Gasteiger charge is 2.22. The minimum Gasteiger partial charge on any atom is -0.339 e. The molecule has 0 aromatic heterocycles. The number of nitrogens with zero attached hydrogens (tertiary/aromatic N) is 1. The Labute approximate surface area is 129 Å². The van der Waals surface area contributed by atoms with Crippen LogP contribution in [0.15, 0.2) is 22.7 Å². The fourth-order valence-corrected chi connectivity index (χ4v) is 2.66. The predicted octanol–water partition coefficient (Wildman–Crippen LogP) is 3.00. The summed E-state index contributed by atoms with van der Waals surface area (Å²) in [6.45, 7) is 3.71. The van der Waals surface area contributed by atoms with Gasteiger partial charge in [0.05, 0.1) is 0 Å². The standard InChI is InChI=1S/C14H19BrN2O.ClH/c1-10-3-4-11(9-13(10)15)14(18)17-7-5-12(16-2)6-8-17;/h3-4,9,12,16H,5-8H2,1-2H3;1H. The van der Waals surface area contributed by atoms with Gasteiger partial charge in [-0.3, -0.25) is 4.79 Å². The van der Waals surface area contributed by atoms with Gasteiger partial charge in [-0.1, -0.05) is 22.0 Å². The van der Waals surface area contributed by atoms with E-state index in [-0.39, 0.29) is 18.3 Å². The van der Waals surface area contributed by atoms with E-state index < -0.39 is 0 Å². The molecule has 0 bridgehead atoms. The maximum atomic E-state index is 12.3. The van der Waals surface area contributed by atoms with Gasteiger partial charge in [0.15, 0.2) is 0 Å². The average molecular weight is 348 g/mol. The SMILES string of the molecule is CNC1CCN(C(=O)c2ccc(C)c(Br)c2)CC1.Cl. The lowest BCUT2D eigenvalue weighted by Crippen LogP contribution is -2.43. The van der Waals surface area contributed by atoms with Crippen LogP contribution in [-0.4, -0.2) is 37.0 Å². The fourth-order valence-electron chi connectivity index (χ4n) is 2.28. The maximum Gasteiger partial charge on any atom is 0.253 e. The summed E-state index contributed by atoms with van der Waals surface area (Å²) in [5.74, 6) is 0.144. The van der Waals surface area contributed by atoms with E-state index in [2.05, 4.69) is 21.2 Å². The van der Waals surface area contributed by atoms with E-state index in [9.17, 15) is 4.79 Å². The molecule has 1 heterocycles. The molecule has 3 nitrogen and oxygen atoms in total. The first-order valence-corrected chi connectivity index (χ1v) is 7.14. The molecule has 0 spiro atoms. The molecule has 5 heteroatoms. The Morgan fingerprint density at radius 3 is 2.53 bits per heavy atom. The van der Waals surface area contributed by atoms with Gasteiger partial charge in [0.25, 0.3) is 5.91 Å². The first-order chi connectivity index (χ1) is 8.61. The highest BCUT2D eigenvalue weighted by atomic mass is 79.9. The topological polar surface area (TPSA) is 32.3 Å². The molecular weight excluding hydrogens is 328 g/mol. The summed E-state index contributed by atoms with van der Waals surface area (Å²) in [6.07, 6.45) is 2.07. The van der Waals surface area contributed by atoms with E-state index in [1.54, 1.807) is 0 Å². The number of carbonyl (C=O) groups excluding carboxylic acids is 1. The zero-order valence-corrected chi connectivity index (χ0v) is 13.7. The van der Waals surface area contributed by atoms with Gasteiger partial charge in [0.1, 0.15) is 0 Å². The summed E-state index contributed by atoms with van der Waals surface area (Å²) in [7, 11) is 1.99. The highest BCUT2D eigenvalue weighted by molar-refractivity contribution is 9.10. The van der Waals surface area contributed by atoms with Crippen LogP contribution < -0.4 is 5.32 Å². The summed E-state index contributed by atoms with van der Waals surface area (Å²) in [6, 6.07) is 6.37. The first kappa shape index (κ1) is 16.5. The molecular formula is C14H20BrClN2O. The van der Waals surface area contributed by atoms with Crippen molar-refractivity contribution in [1.29, 1.82) is 0 Å².